The van der Waals surface area contributed by atoms with E-state index in [0.717, 1.165) is 16.5 Å². The second kappa shape index (κ2) is 4.63. The van der Waals surface area contributed by atoms with E-state index in [-0.39, 0.29) is 13.6 Å². The van der Waals surface area contributed by atoms with Crippen molar-refractivity contribution < 1.29 is 28.4 Å². The summed E-state index contributed by atoms with van der Waals surface area (Å²) in [7, 11) is 0. The third kappa shape index (κ3) is 1.74. The van der Waals surface area contributed by atoms with Gasteiger partial charge < -0.3 is 28.4 Å². The highest BCUT2D eigenvalue weighted by Crippen LogP contribution is 2.54. The molecule has 0 saturated carbocycles. The average Bonchev–Trinajstić information content (AvgIpc) is 3.35. The number of fused-ring (bicyclic) bond motifs is 5. The Bertz CT molecular complexity index is 1080. The van der Waals surface area contributed by atoms with Crippen LogP contribution in [0.3, 0.4) is 0 Å². The van der Waals surface area contributed by atoms with E-state index < -0.39 is 5.79 Å². The largest absolute Gasteiger partial charge is 0.454 e. The lowest BCUT2D eigenvalue weighted by Gasteiger charge is -2.23. The minimum atomic E-state index is -1.10. The zero-order valence-corrected chi connectivity index (χ0v) is 13.8. The topological polar surface area (TPSA) is 68.3 Å². The Labute approximate surface area is 148 Å². The third-order valence-corrected chi connectivity index (χ3v) is 4.75. The molecular formula is C19H13NO6. The highest BCUT2D eigenvalue weighted by molar-refractivity contribution is 5.88. The van der Waals surface area contributed by atoms with Gasteiger partial charge in [0, 0.05) is 18.5 Å². The number of hydrogen-bond acceptors (Lipinski definition) is 7. The summed E-state index contributed by atoms with van der Waals surface area (Å²) in [5, 5.41) is 1.84. The molecule has 0 spiro atoms. The van der Waals surface area contributed by atoms with Gasteiger partial charge in [0.25, 0.3) is 5.79 Å². The molecule has 3 aliphatic heterocycles. The average molecular weight is 351 g/mol. The van der Waals surface area contributed by atoms with Crippen molar-refractivity contribution in [3.05, 3.63) is 42.2 Å². The van der Waals surface area contributed by atoms with E-state index in [1.54, 1.807) is 6.20 Å². The van der Waals surface area contributed by atoms with Crippen LogP contribution in [0.5, 0.6) is 34.5 Å². The zero-order valence-electron chi connectivity index (χ0n) is 13.8. The molecule has 0 fully saturated rings. The SMILES string of the molecule is C[C@@]1(c2nccc3cc4c(cc23)OCO4)Oc2ccc3c(c2O1)OCO3. The van der Waals surface area contributed by atoms with Crippen molar-refractivity contribution in [2.75, 3.05) is 13.6 Å². The normalized spacial score (nSPS) is 21.4. The molecular weight excluding hydrogens is 338 g/mol. The second-order valence-electron chi connectivity index (χ2n) is 6.36. The molecule has 0 amide bonds. The van der Waals surface area contributed by atoms with Gasteiger partial charge >= 0.3 is 0 Å². The van der Waals surface area contributed by atoms with Crippen LogP contribution in [0.1, 0.15) is 12.6 Å². The number of aromatic nitrogens is 1. The summed E-state index contributed by atoms with van der Waals surface area (Å²) in [6.45, 7) is 2.22. The maximum absolute atomic E-state index is 6.19. The molecule has 130 valence electrons. The van der Waals surface area contributed by atoms with E-state index in [9.17, 15) is 0 Å². The van der Waals surface area contributed by atoms with Crippen LogP contribution >= 0.6 is 0 Å². The predicted molar refractivity (Wildman–Crippen MR) is 89.0 cm³/mol. The Morgan fingerprint density at radius 3 is 2.50 bits per heavy atom. The number of ether oxygens (including phenoxy) is 6. The van der Waals surface area contributed by atoms with Gasteiger partial charge in [-0.2, -0.15) is 0 Å². The van der Waals surface area contributed by atoms with Crippen molar-refractivity contribution >= 4 is 10.8 Å². The first-order chi connectivity index (χ1) is 12.7. The fraction of sp³-hybridized carbons (Fsp3) is 0.211. The first kappa shape index (κ1) is 13.9. The van der Waals surface area contributed by atoms with Crippen molar-refractivity contribution in [2.24, 2.45) is 0 Å². The van der Waals surface area contributed by atoms with Crippen molar-refractivity contribution in [3.63, 3.8) is 0 Å². The van der Waals surface area contributed by atoms with E-state index in [4.69, 9.17) is 28.4 Å². The summed E-state index contributed by atoms with van der Waals surface area (Å²) in [6.07, 6.45) is 1.73. The molecule has 0 bridgehead atoms. The highest BCUT2D eigenvalue weighted by atomic mass is 16.8. The van der Waals surface area contributed by atoms with E-state index >= 15 is 0 Å². The van der Waals surface area contributed by atoms with Gasteiger partial charge in [0.05, 0.1) is 0 Å². The Morgan fingerprint density at radius 2 is 1.58 bits per heavy atom. The summed E-state index contributed by atoms with van der Waals surface area (Å²) in [5.74, 6) is 2.63. The molecule has 1 atom stereocenters. The zero-order chi connectivity index (χ0) is 17.3. The van der Waals surface area contributed by atoms with Crippen molar-refractivity contribution in [2.45, 2.75) is 12.7 Å². The van der Waals surface area contributed by atoms with Crippen LogP contribution in [0.2, 0.25) is 0 Å². The van der Waals surface area contributed by atoms with E-state index in [1.807, 2.05) is 37.3 Å². The van der Waals surface area contributed by atoms with Gasteiger partial charge in [-0.05, 0) is 35.7 Å². The summed E-state index contributed by atoms with van der Waals surface area (Å²) in [5.41, 5.74) is 0.650. The minimum Gasteiger partial charge on any atom is -0.454 e. The van der Waals surface area contributed by atoms with Gasteiger partial charge in [-0.1, -0.05) is 0 Å². The molecule has 1 aromatic heterocycles. The molecule has 2 aromatic carbocycles. The predicted octanol–water partition coefficient (Wildman–Crippen LogP) is 3.34. The summed E-state index contributed by atoms with van der Waals surface area (Å²) in [4.78, 5) is 4.54. The molecule has 6 rings (SSSR count). The molecule has 3 aromatic rings. The quantitative estimate of drug-likeness (QED) is 0.666. The molecule has 0 N–H and O–H groups in total. The van der Waals surface area contributed by atoms with E-state index in [2.05, 4.69) is 4.98 Å². The number of benzene rings is 2. The highest BCUT2D eigenvalue weighted by Gasteiger charge is 2.44. The van der Waals surface area contributed by atoms with Gasteiger partial charge in [0.2, 0.25) is 25.1 Å². The van der Waals surface area contributed by atoms with Gasteiger partial charge in [-0.15, -0.1) is 0 Å². The number of nitrogens with zero attached hydrogens (tertiary/aromatic N) is 1. The van der Waals surface area contributed by atoms with Crippen LogP contribution in [0, 0.1) is 0 Å². The first-order valence-corrected chi connectivity index (χ1v) is 8.21. The van der Waals surface area contributed by atoms with E-state index in [0.29, 0.717) is 34.4 Å². The Hall–Kier alpha value is -3.35. The molecule has 4 heterocycles. The maximum Gasteiger partial charge on any atom is 0.293 e. The van der Waals surface area contributed by atoms with Crippen molar-refractivity contribution in [1.29, 1.82) is 0 Å². The van der Waals surface area contributed by atoms with E-state index in [1.165, 1.54) is 0 Å². The molecule has 0 aliphatic carbocycles. The van der Waals surface area contributed by atoms with Gasteiger partial charge in [-0.25, -0.2) is 0 Å². The molecule has 0 unspecified atom stereocenters. The lowest BCUT2D eigenvalue weighted by Crippen LogP contribution is -2.33. The summed E-state index contributed by atoms with van der Waals surface area (Å²) >= 11 is 0. The van der Waals surface area contributed by atoms with Gasteiger partial charge in [-0.3, -0.25) is 4.98 Å². The Kier molecular flexibility index (Phi) is 2.47. The molecule has 7 heteroatoms. The number of pyridine rings is 1. The molecule has 26 heavy (non-hydrogen) atoms. The standard InChI is InChI=1S/C19H13NO6/c1-19(25-13-3-2-12-16(17(13)26-19)24-9-21-12)18-11-7-15-14(22-8-23-15)6-10(11)4-5-20-18/h2-7H,8-9H2,1H3/t19-/m1/s1. The van der Waals surface area contributed by atoms with Crippen LogP contribution in [0.4, 0.5) is 0 Å². The van der Waals surface area contributed by atoms with Crippen LogP contribution < -0.4 is 28.4 Å². The fourth-order valence-electron chi connectivity index (χ4n) is 3.55. The molecule has 0 radical (unpaired) electrons. The Balaban J connectivity index is 1.51. The van der Waals surface area contributed by atoms with Crippen LogP contribution in [-0.4, -0.2) is 18.6 Å². The first-order valence-electron chi connectivity index (χ1n) is 8.21. The smallest absolute Gasteiger partial charge is 0.293 e. The molecule has 7 nitrogen and oxygen atoms in total. The van der Waals surface area contributed by atoms with Crippen LogP contribution in [-0.2, 0) is 5.79 Å². The molecule has 0 saturated heterocycles. The van der Waals surface area contributed by atoms with Crippen LogP contribution in [0.25, 0.3) is 10.8 Å². The van der Waals surface area contributed by atoms with Crippen molar-refractivity contribution in [3.8, 4) is 34.5 Å². The van der Waals surface area contributed by atoms with Crippen molar-refractivity contribution in [1.82, 2.24) is 4.98 Å². The minimum absolute atomic E-state index is 0.169. The summed E-state index contributed by atoms with van der Waals surface area (Å²) < 4.78 is 34.3. The Morgan fingerprint density at radius 1 is 0.808 bits per heavy atom. The third-order valence-electron chi connectivity index (χ3n) is 4.75. The fourth-order valence-corrected chi connectivity index (χ4v) is 3.55. The van der Waals surface area contributed by atoms with Crippen LogP contribution in [0.15, 0.2) is 36.5 Å². The lowest BCUT2D eigenvalue weighted by molar-refractivity contribution is -0.0711. The van der Waals surface area contributed by atoms with Gasteiger partial charge in [0.15, 0.2) is 23.0 Å². The van der Waals surface area contributed by atoms with Gasteiger partial charge in [0.1, 0.15) is 5.69 Å². The lowest BCUT2D eigenvalue weighted by atomic mass is 10.0. The number of hydrogen-bond donors (Lipinski definition) is 0. The molecule has 3 aliphatic rings. The maximum atomic E-state index is 6.19. The summed E-state index contributed by atoms with van der Waals surface area (Å²) in [6, 6.07) is 9.38. The monoisotopic (exact) mass is 351 g/mol. The second-order valence-corrected chi connectivity index (χ2v) is 6.36. The number of rotatable bonds is 1.